The summed E-state index contributed by atoms with van der Waals surface area (Å²) in [6.45, 7) is 0. The van der Waals surface area contributed by atoms with Gasteiger partial charge >= 0.3 is 0 Å². The fraction of sp³-hybridized carbons (Fsp3) is 0. The van der Waals surface area contributed by atoms with E-state index in [0.29, 0.717) is 0 Å². The number of rotatable bonds is 4. The second-order valence-electron chi connectivity index (χ2n) is 13.1. The molecule has 9 aromatic carbocycles. The van der Waals surface area contributed by atoms with Crippen molar-refractivity contribution in [3.05, 3.63) is 188 Å². The average Bonchev–Trinajstić information content (AvgIpc) is 3.19. The quantitative estimate of drug-likeness (QED) is 0.139. The zero-order valence-corrected chi connectivity index (χ0v) is 27.3. The second-order valence-corrected chi connectivity index (χ2v) is 13.1. The Hall–Kier alpha value is -6.57. The van der Waals surface area contributed by atoms with Crippen molar-refractivity contribution in [1.82, 2.24) is 4.98 Å². The molecule has 1 heteroatoms. The first-order chi connectivity index (χ1) is 24.8. The molecule has 0 spiro atoms. The monoisotopic (exact) mass is 633 g/mol. The van der Waals surface area contributed by atoms with Gasteiger partial charge in [0.15, 0.2) is 0 Å². The van der Waals surface area contributed by atoms with E-state index in [0.717, 1.165) is 21.8 Å². The summed E-state index contributed by atoms with van der Waals surface area (Å²) in [6.07, 6.45) is 0. The normalized spacial score (nSPS) is 11.6. The van der Waals surface area contributed by atoms with E-state index in [-0.39, 0.29) is 0 Å². The van der Waals surface area contributed by atoms with Crippen molar-refractivity contribution in [2.24, 2.45) is 0 Å². The van der Waals surface area contributed by atoms with Gasteiger partial charge in [-0.15, -0.1) is 0 Å². The van der Waals surface area contributed by atoms with Gasteiger partial charge in [0, 0.05) is 16.2 Å². The highest BCUT2D eigenvalue weighted by Crippen LogP contribution is 2.45. The largest absolute Gasteiger partial charge is 0.247 e. The second kappa shape index (κ2) is 11.5. The summed E-state index contributed by atoms with van der Waals surface area (Å²) in [5.41, 5.74) is 11.9. The van der Waals surface area contributed by atoms with E-state index in [1.807, 2.05) is 0 Å². The first-order valence-corrected chi connectivity index (χ1v) is 17.2. The Morgan fingerprint density at radius 2 is 0.800 bits per heavy atom. The lowest BCUT2D eigenvalue weighted by atomic mass is 9.85. The number of fused-ring (bicyclic) bond motifs is 6. The Morgan fingerprint density at radius 1 is 0.280 bits per heavy atom. The maximum atomic E-state index is 5.09. The number of benzene rings is 9. The Labute approximate surface area is 290 Å². The molecule has 0 aliphatic rings. The van der Waals surface area contributed by atoms with Crippen LogP contribution in [0.3, 0.4) is 0 Å². The molecule has 0 aliphatic heterocycles. The molecule has 0 amide bonds. The zero-order valence-electron chi connectivity index (χ0n) is 27.3. The van der Waals surface area contributed by atoms with Crippen LogP contribution >= 0.6 is 0 Å². The van der Waals surface area contributed by atoms with Crippen molar-refractivity contribution in [3.63, 3.8) is 0 Å². The molecule has 0 saturated carbocycles. The minimum atomic E-state index is 1.02. The van der Waals surface area contributed by atoms with Crippen LogP contribution < -0.4 is 0 Å². The maximum Gasteiger partial charge on any atom is 0.0788 e. The van der Waals surface area contributed by atoms with Crippen molar-refractivity contribution in [2.45, 2.75) is 0 Å². The highest BCUT2D eigenvalue weighted by molar-refractivity contribution is 6.22. The molecule has 0 unspecified atom stereocenters. The third kappa shape index (κ3) is 4.59. The summed E-state index contributed by atoms with van der Waals surface area (Å²) in [6, 6.07) is 68.2. The average molecular weight is 634 g/mol. The van der Waals surface area contributed by atoms with E-state index in [9.17, 15) is 0 Å². The number of aromatic nitrogens is 1. The van der Waals surface area contributed by atoms with Crippen LogP contribution in [0.4, 0.5) is 0 Å². The Balaban J connectivity index is 1.16. The van der Waals surface area contributed by atoms with Crippen LogP contribution in [0.2, 0.25) is 0 Å². The number of para-hydroxylation sites is 1. The van der Waals surface area contributed by atoms with E-state index in [4.69, 9.17) is 4.98 Å². The van der Waals surface area contributed by atoms with Crippen molar-refractivity contribution < 1.29 is 0 Å². The third-order valence-electron chi connectivity index (χ3n) is 10.2. The molecule has 0 fully saturated rings. The standard InChI is InChI=1S/C49H31N/c1-3-13-34(14-4-1)47-40-19-9-10-20-41(40)48(35-15-5-2-6-16-35)45-30-36(27-28-42(45)47)32-23-25-33(26-24-32)44-31-38-29-37-17-7-12-22-46(37)50-49(38)43-21-11-8-18-39(43)44/h1-31H. The Bertz CT molecular complexity index is 2890. The van der Waals surface area contributed by atoms with Crippen LogP contribution in [-0.2, 0) is 0 Å². The molecule has 1 aromatic heterocycles. The molecule has 0 atom stereocenters. The van der Waals surface area contributed by atoms with Crippen LogP contribution in [0.5, 0.6) is 0 Å². The summed E-state index contributed by atoms with van der Waals surface area (Å²) < 4.78 is 0. The van der Waals surface area contributed by atoms with Gasteiger partial charge in [-0.05, 0) is 95.7 Å². The van der Waals surface area contributed by atoms with E-state index < -0.39 is 0 Å². The maximum absolute atomic E-state index is 5.09. The van der Waals surface area contributed by atoms with Gasteiger partial charge in [-0.3, -0.25) is 0 Å². The molecule has 232 valence electrons. The first-order valence-electron chi connectivity index (χ1n) is 17.2. The fourth-order valence-corrected chi connectivity index (χ4v) is 7.89. The third-order valence-corrected chi connectivity index (χ3v) is 10.2. The summed E-state index contributed by atoms with van der Waals surface area (Å²) in [4.78, 5) is 5.09. The van der Waals surface area contributed by atoms with Crippen molar-refractivity contribution in [1.29, 1.82) is 0 Å². The van der Waals surface area contributed by atoms with Gasteiger partial charge in [0.1, 0.15) is 0 Å². The predicted molar refractivity (Wildman–Crippen MR) is 214 cm³/mol. The summed E-state index contributed by atoms with van der Waals surface area (Å²) in [5.74, 6) is 0. The van der Waals surface area contributed by atoms with Gasteiger partial charge in [-0.25, -0.2) is 4.98 Å². The SMILES string of the molecule is c1ccc(-c2c3ccccc3c(-c3ccccc3)c3cc(-c4ccc(-c5cc6cc7ccccc7nc6c6ccccc56)cc4)ccc23)cc1. The first kappa shape index (κ1) is 28.4. The van der Waals surface area contributed by atoms with Crippen LogP contribution in [0.25, 0.3) is 98.6 Å². The number of pyridine rings is 1. The molecular weight excluding hydrogens is 603 g/mol. The van der Waals surface area contributed by atoms with Gasteiger partial charge in [0.05, 0.1) is 11.0 Å². The van der Waals surface area contributed by atoms with E-state index in [1.165, 1.54) is 76.8 Å². The molecule has 0 bridgehead atoms. The molecule has 0 N–H and O–H groups in total. The minimum Gasteiger partial charge on any atom is -0.247 e. The predicted octanol–water partition coefficient (Wildman–Crippen LogP) is 13.5. The van der Waals surface area contributed by atoms with Gasteiger partial charge in [0.2, 0.25) is 0 Å². The molecule has 0 radical (unpaired) electrons. The molecule has 10 aromatic rings. The lowest BCUT2D eigenvalue weighted by molar-refractivity contribution is 1.51. The topological polar surface area (TPSA) is 12.9 Å². The van der Waals surface area contributed by atoms with Crippen molar-refractivity contribution in [2.75, 3.05) is 0 Å². The van der Waals surface area contributed by atoms with E-state index in [2.05, 4.69) is 188 Å². The molecule has 1 nitrogen and oxygen atoms in total. The number of hydrogen-bond acceptors (Lipinski definition) is 1. The highest BCUT2D eigenvalue weighted by Gasteiger charge is 2.18. The zero-order chi connectivity index (χ0) is 33.0. The van der Waals surface area contributed by atoms with Gasteiger partial charge in [-0.2, -0.15) is 0 Å². The van der Waals surface area contributed by atoms with Gasteiger partial charge < -0.3 is 0 Å². The van der Waals surface area contributed by atoms with Crippen molar-refractivity contribution >= 4 is 54.1 Å². The molecule has 0 saturated heterocycles. The molecular formula is C49H31N. The highest BCUT2D eigenvalue weighted by atomic mass is 14.7. The lowest BCUT2D eigenvalue weighted by Crippen LogP contribution is -1.91. The Kier molecular flexibility index (Phi) is 6.57. The fourth-order valence-electron chi connectivity index (χ4n) is 7.89. The van der Waals surface area contributed by atoms with Gasteiger partial charge in [-0.1, -0.05) is 164 Å². The summed E-state index contributed by atoms with van der Waals surface area (Å²) in [7, 11) is 0. The van der Waals surface area contributed by atoms with E-state index in [1.54, 1.807) is 0 Å². The van der Waals surface area contributed by atoms with Crippen LogP contribution in [0.1, 0.15) is 0 Å². The molecule has 50 heavy (non-hydrogen) atoms. The smallest absolute Gasteiger partial charge is 0.0788 e. The van der Waals surface area contributed by atoms with E-state index >= 15 is 0 Å². The molecule has 1 heterocycles. The number of nitrogens with zero attached hydrogens (tertiary/aromatic N) is 1. The van der Waals surface area contributed by atoms with Crippen LogP contribution in [0, 0.1) is 0 Å². The van der Waals surface area contributed by atoms with Crippen LogP contribution in [-0.4, -0.2) is 4.98 Å². The Morgan fingerprint density at radius 3 is 1.50 bits per heavy atom. The minimum absolute atomic E-state index is 1.02. The number of hydrogen-bond donors (Lipinski definition) is 0. The summed E-state index contributed by atoms with van der Waals surface area (Å²) >= 11 is 0. The van der Waals surface area contributed by atoms with Crippen molar-refractivity contribution in [3.8, 4) is 44.5 Å². The van der Waals surface area contributed by atoms with Crippen LogP contribution in [0.15, 0.2) is 188 Å². The molecule has 10 rings (SSSR count). The summed E-state index contributed by atoms with van der Waals surface area (Å²) in [5, 5.41) is 9.77. The van der Waals surface area contributed by atoms with Gasteiger partial charge in [0.25, 0.3) is 0 Å². The lowest BCUT2D eigenvalue weighted by Gasteiger charge is -2.19. The molecule has 0 aliphatic carbocycles.